The third-order valence-electron chi connectivity index (χ3n) is 4.21. The van der Waals surface area contributed by atoms with Crippen LogP contribution in [0.1, 0.15) is 18.6 Å². The first-order valence-electron chi connectivity index (χ1n) is 8.55. The van der Waals surface area contributed by atoms with Crippen molar-refractivity contribution in [1.82, 2.24) is 4.90 Å². The Morgan fingerprint density at radius 3 is 2.63 bits per heavy atom. The van der Waals surface area contributed by atoms with Gasteiger partial charge in [-0.15, -0.1) is 0 Å². The van der Waals surface area contributed by atoms with Gasteiger partial charge >= 0.3 is 5.63 Å². The monoisotopic (exact) mass is 411 g/mol. The number of nitrogens with zero attached hydrogens (tertiary/aromatic N) is 1. The van der Waals surface area contributed by atoms with Crippen molar-refractivity contribution in [2.45, 2.75) is 25.9 Å². The summed E-state index contributed by atoms with van der Waals surface area (Å²) >= 11 is 11.9. The molecule has 1 aromatic heterocycles. The summed E-state index contributed by atoms with van der Waals surface area (Å²) in [5, 5.41) is 0.872. The summed E-state index contributed by atoms with van der Waals surface area (Å²) < 4.78 is 16.3. The van der Waals surface area contributed by atoms with Crippen molar-refractivity contribution in [2.24, 2.45) is 0 Å². The lowest BCUT2D eigenvalue weighted by Crippen LogP contribution is -2.43. The Labute approximate surface area is 166 Å². The average Bonchev–Trinajstić information content (AvgIpc) is 2.60. The Morgan fingerprint density at radius 2 is 1.96 bits per heavy atom. The molecule has 0 atom stereocenters. The molecule has 0 unspecified atom stereocenters. The molecule has 0 aliphatic carbocycles. The molecule has 144 valence electrons. The molecule has 1 saturated heterocycles. The van der Waals surface area contributed by atoms with Gasteiger partial charge in [-0.25, -0.2) is 4.79 Å². The summed E-state index contributed by atoms with van der Waals surface area (Å²) in [6, 6.07) is 7.87. The minimum absolute atomic E-state index is 0.0538. The molecular formula is C19H19Cl2NO5. The molecule has 3 rings (SSSR count). The Hall–Kier alpha value is -2.18. The van der Waals surface area contributed by atoms with E-state index in [1.54, 1.807) is 36.1 Å². The summed E-state index contributed by atoms with van der Waals surface area (Å²) in [6.07, 6.45) is 1.29. The van der Waals surface area contributed by atoms with Crippen molar-refractivity contribution >= 4 is 29.1 Å². The highest BCUT2D eigenvalue weighted by Crippen LogP contribution is 2.27. The predicted molar refractivity (Wildman–Crippen MR) is 102 cm³/mol. The van der Waals surface area contributed by atoms with Gasteiger partial charge in [-0.05, 0) is 25.1 Å². The number of benzene rings is 1. The Morgan fingerprint density at radius 1 is 1.22 bits per heavy atom. The van der Waals surface area contributed by atoms with Gasteiger partial charge < -0.3 is 18.8 Å². The lowest BCUT2D eigenvalue weighted by atomic mass is 10.1. The van der Waals surface area contributed by atoms with Crippen LogP contribution in [0.15, 0.2) is 39.5 Å². The lowest BCUT2D eigenvalue weighted by molar-refractivity contribution is -0.135. The van der Waals surface area contributed by atoms with E-state index in [9.17, 15) is 9.59 Å². The summed E-state index contributed by atoms with van der Waals surface area (Å²) in [6.45, 7) is 2.72. The molecule has 0 bridgehead atoms. The number of halogens is 2. The van der Waals surface area contributed by atoms with Crippen LogP contribution in [0, 0.1) is 6.92 Å². The van der Waals surface area contributed by atoms with Crippen molar-refractivity contribution in [3.8, 4) is 11.5 Å². The molecule has 2 heterocycles. The Bertz CT molecular complexity index is 875. The van der Waals surface area contributed by atoms with E-state index in [1.807, 2.05) is 0 Å². The standard InChI is InChI=1S/C19H19Cl2NO5/c1-12-8-15(10-19(24)26-12)27-14-4-6-22(7-5-14)18(23)11-25-17-3-2-13(20)9-16(17)21/h2-3,8-10,14H,4-7,11H2,1H3. The van der Waals surface area contributed by atoms with Crippen LogP contribution in [0.5, 0.6) is 11.5 Å². The van der Waals surface area contributed by atoms with E-state index < -0.39 is 5.63 Å². The number of ether oxygens (including phenoxy) is 2. The van der Waals surface area contributed by atoms with Gasteiger partial charge in [0.25, 0.3) is 5.91 Å². The van der Waals surface area contributed by atoms with E-state index in [-0.39, 0.29) is 18.6 Å². The van der Waals surface area contributed by atoms with E-state index in [0.717, 1.165) is 0 Å². The van der Waals surface area contributed by atoms with Crippen molar-refractivity contribution in [1.29, 1.82) is 0 Å². The fourth-order valence-corrected chi connectivity index (χ4v) is 3.35. The van der Waals surface area contributed by atoms with Gasteiger partial charge in [0, 0.05) is 37.0 Å². The maximum Gasteiger partial charge on any atom is 0.339 e. The quantitative estimate of drug-likeness (QED) is 0.749. The van der Waals surface area contributed by atoms with Gasteiger partial charge in [0.15, 0.2) is 6.61 Å². The Balaban J connectivity index is 1.48. The highest BCUT2D eigenvalue weighted by Gasteiger charge is 2.24. The second-order valence-electron chi connectivity index (χ2n) is 6.28. The smallest absolute Gasteiger partial charge is 0.339 e. The fraction of sp³-hybridized carbons (Fsp3) is 0.368. The van der Waals surface area contributed by atoms with Gasteiger partial charge in [-0.2, -0.15) is 0 Å². The maximum atomic E-state index is 12.3. The molecule has 8 heteroatoms. The second kappa shape index (κ2) is 8.67. The zero-order valence-electron chi connectivity index (χ0n) is 14.7. The summed E-state index contributed by atoms with van der Waals surface area (Å²) in [5.41, 5.74) is -0.435. The number of hydrogen-bond acceptors (Lipinski definition) is 5. The molecule has 0 spiro atoms. The van der Waals surface area contributed by atoms with Gasteiger partial charge in [-0.1, -0.05) is 23.2 Å². The van der Waals surface area contributed by atoms with Gasteiger partial charge in [0.1, 0.15) is 23.4 Å². The minimum Gasteiger partial charge on any atom is -0.490 e. The molecule has 1 aliphatic heterocycles. The molecule has 0 N–H and O–H groups in total. The molecule has 0 saturated carbocycles. The molecule has 6 nitrogen and oxygen atoms in total. The van der Waals surface area contributed by atoms with Crippen LogP contribution in [0.3, 0.4) is 0 Å². The van der Waals surface area contributed by atoms with E-state index in [2.05, 4.69) is 0 Å². The van der Waals surface area contributed by atoms with Gasteiger partial charge in [-0.3, -0.25) is 4.79 Å². The number of hydrogen-bond donors (Lipinski definition) is 0. The van der Waals surface area contributed by atoms with Crippen LogP contribution in [0.4, 0.5) is 0 Å². The number of rotatable bonds is 5. The van der Waals surface area contributed by atoms with Crippen LogP contribution >= 0.6 is 23.2 Å². The zero-order chi connectivity index (χ0) is 19.4. The molecule has 0 radical (unpaired) electrons. The first-order chi connectivity index (χ1) is 12.9. The van der Waals surface area contributed by atoms with Crippen LogP contribution in [0.2, 0.25) is 10.0 Å². The largest absolute Gasteiger partial charge is 0.490 e. The van der Waals surface area contributed by atoms with Gasteiger partial charge in [0.2, 0.25) is 0 Å². The van der Waals surface area contributed by atoms with Crippen molar-refractivity contribution < 1.29 is 18.7 Å². The molecule has 1 amide bonds. The zero-order valence-corrected chi connectivity index (χ0v) is 16.3. The van der Waals surface area contributed by atoms with Crippen molar-refractivity contribution in [3.63, 3.8) is 0 Å². The highest BCUT2D eigenvalue weighted by atomic mass is 35.5. The predicted octanol–water partition coefficient (Wildman–Crippen LogP) is 3.70. The number of piperidine rings is 1. The van der Waals surface area contributed by atoms with Gasteiger partial charge in [0.05, 0.1) is 11.1 Å². The van der Waals surface area contributed by atoms with E-state index in [4.69, 9.17) is 37.1 Å². The first kappa shape index (κ1) is 19.6. The molecular weight excluding hydrogens is 393 g/mol. The molecule has 1 aromatic carbocycles. The minimum atomic E-state index is -0.435. The third-order valence-corrected chi connectivity index (χ3v) is 4.74. The van der Waals surface area contributed by atoms with Crippen LogP contribution in [-0.4, -0.2) is 36.6 Å². The number of likely N-dealkylation sites (tertiary alicyclic amines) is 1. The molecule has 1 fully saturated rings. The molecule has 27 heavy (non-hydrogen) atoms. The number of aryl methyl sites for hydroxylation is 1. The lowest BCUT2D eigenvalue weighted by Gasteiger charge is -2.32. The first-order valence-corrected chi connectivity index (χ1v) is 9.30. The SMILES string of the molecule is Cc1cc(OC2CCN(C(=O)COc3ccc(Cl)cc3Cl)CC2)cc(=O)o1. The number of amides is 1. The Kier molecular flexibility index (Phi) is 6.29. The van der Waals surface area contributed by atoms with Crippen LogP contribution < -0.4 is 15.1 Å². The highest BCUT2D eigenvalue weighted by molar-refractivity contribution is 6.35. The van der Waals surface area contributed by atoms with Crippen molar-refractivity contribution in [3.05, 3.63) is 56.6 Å². The van der Waals surface area contributed by atoms with Crippen LogP contribution in [0.25, 0.3) is 0 Å². The molecule has 2 aromatic rings. The maximum absolute atomic E-state index is 12.3. The third kappa shape index (κ3) is 5.40. The number of carbonyl (C=O) groups is 1. The van der Waals surface area contributed by atoms with Crippen LogP contribution in [-0.2, 0) is 4.79 Å². The van der Waals surface area contributed by atoms with Crippen molar-refractivity contribution in [2.75, 3.05) is 19.7 Å². The molecule has 1 aliphatic rings. The summed E-state index contributed by atoms with van der Waals surface area (Å²) in [4.78, 5) is 25.5. The number of carbonyl (C=O) groups excluding carboxylic acids is 1. The second-order valence-corrected chi connectivity index (χ2v) is 7.13. The van der Waals surface area contributed by atoms with E-state index in [1.165, 1.54) is 6.07 Å². The average molecular weight is 412 g/mol. The fourth-order valence-electron chi connectivity index (χ4n) is 2.88. The topological polar surface area (TPSA) is 69.0 Å². The summed E-state index contributed by atoms with van der Waals surface area (Å²) in [5.74, 6) is 1.30. The van der Waals surface area contributed by atoms with E-state index >= 15 is 0 Å². The normalized spacial score (nSPS) is 14.9. The summed E-state index contributed by atoms with van der Waals surface area (Å²) in [7, 11) is 0. The van der Waals surface area contributed by atoms with E-state index in [0.29, 0.717) is 53.2 Å².